The third kappa shape index (κ3) is 2.66. The van der Waals surface area contributed by atoms with Crippen molar-refractivity contribution < 1.29 is 9.47 Å². The first-order valence-electron chi connectivity index (χ1n) is 5.06. The van der Waals surface area contributed by atoms with Gasteiger partial charge >= 0.3 is 0 Å². The quantitative estimate of drug-likeness (QED) is 0.584. The third-order valence-electron chi connectivity index (χ3n) is 2.55. The molecule has 0 aromatic carbocycles. The van der Waals surface area contributed by atoms with Gasteiger partial charge in [-0.25, -0.2) is 0 Å². The Kier molecular flexibility index (Phi) is 4.61. The topological polar surface area (TPSA) is 57.4 Å². The smallest absolute Gasteiger partial charge is 0.198 e. The number of nitrogens with two attached hydrogens (primary N) is 1. The highest BCUT2D eigenvalue weighted by atomic mass is 16.7. The van der Waals surface area contributed by atoms with Crippen LogP contribution in [0.4, 0.5) is 0 Å². The van der Waals surface area contributed by atoms with Crippen molar-refractivity contribution in [3.8, 4) is 0 Å². The zero-order chi connectivity index (χ0) is 12.0. The summed E-state index contributed by atoms with van der Waals surface area (Å²) >= 11 is 0. The molecule has 0 bridgehead atoms. The minimum atomic E-state index is -0.820. The summed E-state index contributed by atoms with van der Waals surface area (Å²) < 4.78 is 11.0. The fraction of sp³-hybridized carbons (Fsp3) is 0.417. The van der Waals surface area contributed by atoms with Gasteiger partial charge in [0.1, 0.15) is 0 Å². The van der Waals surface area contributed by atoms with Crippen LogP contribution in [0.1, 0.15) is 12.0 Å². The van der Waals surface area contributed by atoms with Crippen LogP contribution in [0.3, 0.4) is 0 Å². The van der Waals surface area contributed by atoms with E-state index in [-0.39, 0.29) is 0 Å². The van der Waals surface area contributed by atoms with Crippen LogP contribution in [0.2, 0.25) is 0 Å². The second-order valence-corrected chi connectivity index (χ2v) is 3.53. The SMILES string of the molecule is C=C(CN)CC(OC)(OC)c1ccncc1. The summed E-state index contributed by atoms with van der Waals surface area (Å²) in [6, 6.07) is 3.72. The van der Waals surface area contributed by atoms with Crippen molar-refractivity contribution in [2.45, 2.75) is 12.2 Å². The number of rotatable bonds is 6. The molecular formula is C12H18N2O2. The number of hydrogen-bond acceptors (Lipinski definition) is 4. The van der Waals surface area contributed by atoms with Gasteiger partial charge in [0.15, 0.2) is 5.79 Å². The van der Waals surface area contributed by atoms with Gasteiger partial charge in [-0.15, -0.1) is 0 Å². The van der Waals surface area contributed by atoms with Crippen LogP contribution in [-0.2, 0) is 15.3 Å². The Morgan fingerprint density at radius 2 is 1.94 bits per heavy atom. The summed E-state index contributed by atoms with van der Waals surface area (Å²) in [5.41, 5.74) is 7.32. The monoisotopic (exact) mass is 222 g/mol. The second-order valence-electron chi connectivity index (χ2n) is 3.53. The summed E-state index contributed by atoms with van der Waals surface area (Å²) in [5.74, 6) is -0.820. The van der Waals surface area contributed by atoms with E-state index in [0.717, 1.165) is 11.1 Å². The number of ether oxygens (including phenoxy) is 2. The maximum Gasteiger partial charge on any atom is 0.198 e. The first-order chi connectivity index (χ1) is 7.68. The van der Waals surface area contributed by atoms with Crippen LogP contribution in [0, 0.1) is 0 Å². The van der Waals surface area contributed by atoms with Crippen LogP contribution < -0.4 is 5.73 Å². The molecule has 2 N–H and O–H groups in total. The number of pyridine rings is 1. The molecule has 0 fully saturated rings. The highest BCUT2D eigenvalue weighted by molar-refractivity contribution is 5.20. The molecule has 1 aromatic rings. The fourth-order valence-electron chi connectivity index (χ4n) is 1.57. The van der Waals surface area contributed by atoms with Crippen LogP contribution in [0.25, 0.3) is 0 Å². The van der Waals surface area contributed by atoms with E-state index in [1.54, 1.807) is 26.6 Å². The molecule has 0 aliphatic heterocycles. The second kappa shape index (κ2) is 5.75. The first-order valence-corrected chi connectivity index (χ1v) is 5.06. The number of methoxy groups -OCH3 is 2. The Balaban J connectivity index is 3.01. The van der Waals surface area contributed by atoms with Crippen LogP contribution >= 0.6 is 0 Å². The molecule has 0 saturated carbocycles. The summed E-state index contributed by atoms with van der Waals surface area (Å²) in [7, 11) is 3.21. The van der Waals surface area contributed by atoms with E-state index in [2.05, 4.69) is 11.6 Å². The molecule has 88 valence electrons. The molecule has 4 nitrogen and oxygen atoms in total. The lowest BCUT2D eigenvalue weighted by atomic mass is 9.99. The maximum absolute atomic E-state index is 5.54. The highest BCUT2D eigenvalue weighted by Crippen LogP contribution is 2.31. The van der Waals surface area contributed by atoms with Crippen molar-refractivity contribution in [3.63, 3.8) is 0 Å². The lowest BCUT2D eigenvalue weighted by Crippen LogP contribution is -2.32. The highest BCUT2D eigenvalue weighted by Gasteiger charge is 2.32. The van der Waals surface area contributed by atoms with Crippen molar-refractivity contribution >= 4 is 0 Å². The van der Waals surface area contributed by atoms with Crippen molar-refractivity contribution in [3.05, 3.63) is 42.2 Å². The van der Waals surface area contributed by atoms with Gasteiger partial charge < -0.3 is 15.2 Å². The van der Waals surface area contributed by atoms with Crippen molar-refractivity contribution in [1.82, 2.24) is 4.98 Å². The predicted molar refractivity (Wildman–Crippen MR) is 62.7 cm³/mol. The third-order valence-corrected chi connectivity index (χ3v) is 2.55. The van der Waals surface area contributed by atoms with Gasteiger partial charge in [-0.2, -0.15) is 0 Å². The molecule has 0 spiro atoms. The lowest BCUT2D eigenvalue weighted by molar-refractivity contribution is -0.214. The number of nitrogens with zero attached hydrogens (tertiary/aromatic N) is 1. The minimum absolute atomic E-state index is 0.416. The minimum Gasteiger partial charge on any atom is -0.349 e. The van der Waals surface area contributed by atoms with Crippen LogP contribution in [0.15, 0.2) is 36.7 Å². The fourth-order valence-corrected chi connectivity index (χ4v) is 1.57. The number of aromatic nitrogens is 1. The number of hydrogen-bond donors (Lipinski definition) is 1. The molecule has 0 amide bonds. The molecule has 1 aromatic heterocycles. The van der Waals surface area contributed by atoms with Gasteiger partial charge in [-0.3, -0.25) is 4.98 Å². The molecule has 0 aliphatic carbocycles. The van der Waals surface area contributed by atoms with Crippen molar-refractivity contribution in [2.75, 3.05) is 20.8 Å². The molecule has 1 heterocycles. The normalized spacial score (nSPS) is 11.4. The Hall–Kier alpha value is -1.23. The van der Waals surface area contributed by atoms with Gasteiger partial charge in [0.25, 0.3) is 0 Å². The van der Waals surface area contributed by atoms with E-state index >= 15 is 0 Å². The van der Waals surface area contributed by atoms with Gasteiger partial charge in [-0.1, -0.05) is 12.2 Å². The predicted octanol–water partition coefficient (Wildman–Crippen LogP) is 1.43. The van der Waals surface area contributed by atoms with Crippen LogP contribution in [-0.4, -0.2) is 25.7 Å². The lowest BCUT2D eigenvalue weighted by Gasteiger charge is -2.31. The van der Waals surface area contributed by atoms with Gasteiger partial charge in [0.2, 0.25) is 0 Å². The molecule has 16 heavy (non-hydrogen) atoms. The van der Waals surface area contributed by atoms with Gasteiger partial charge in [-0.05, 0) is 12.1 Å². The van der Waals surface area contributed by atoms with Crippen molar-refractivity contribution in [1.29, 1.82) is 0 Å². The van der Waals surface area contributed by atoms with E-state index in [4.69, 9.17) is 15.2 Å². The Labute approximate surface area is 96.1 Å². The van der Waals surface area contributed by atoms with E-state index in [0.29, 0.717) is 13.0 Å². The molecule has 0 aliphatic rings. The average Bonchev–Trinajstić information content (AvgIpc) is 2.37. The molecule has 1 rings (SSSR count). The average molecular weight is 222 g/mol. The van der Waals surface area contributed by atoms with Gasteiger partial charge in [0.05, 0.1) is 0 Å². The first kappa shape index (κ1) is 12.8. The van der Waals surface area contributed by atoms with Crippen molar-refractivity contribution in [2.24, 2.45) is 5.73 Å². The Morgan fingerprint density at radius 3 is 2.38 bits per heavy atom. The Bertz CT molecular complexity index is 334. The van der Waals surface area contributed by atoms with Gasteiger partial charge in [0, 0.05) is 45.1 Å². The maximum atomic E-state index is 5.54. The molecule has 0 saturated heterocycles. The summed E-state index contributed by atoms with van der Waals surface area (Å²) in [6.07, 6.45) is 3.93. The standard InChI is InChI=1S/C12H18N2O2/c1-10(9-13)8-12(15-2,16-3)11-4-6-14-7-5-11/h4-7H,1,8-9,13H2,2-3H3. The zero-order valence-corrected chi connectivity index (χ0v) is 9.77. The molecular weight excluding hydrogens is 204 g/mol. The largest absolute Gasteiger partial charge is 0.349 e. The zero-order valence-electron chi connectivity index (χ0n) is 9.77. The molecule has 4 heteroatoms. The van der Waals surface area contributed by atoms with E-state index < -0.39 is 5.79 Å². The Morgan fingerprint density at radius 1 is 1.38 bits per heavy atom. The van der Waals surface area contributed by atoms with E-state index in [1.165, 1.54) is 0 Å². The van der Waals surface area contributed by atoms with E-state index in [9.17, 15) is 0 Å². The molecule has 0 radical (unpaired) electrons. The summed E-state index contributed by atoms with van der Waals surface area (Å²) in [6.45, 7) is 4.30. The van der Waals surface area contributed by atoms with E-state index in [1.807, 2.05) is 12.1 Å². The molecule has 0 unspecified atom stereocenters. The summed E-state index contributed by atoms with van der Waals surface area (Å²) in [4.78, 5) is 3.97. The van der Waals surface area contributed by atoms with Crippen LogP contribution in [0.5, 0.6) is 0 Å². The summed E-state index contributed by atoms with van der Waals surface area (Å²) in [5, 5.41) is 0. The molecule has 0 atom stereocenters.